The largest absolute Gasteiger partial charge is 1.00 e. The summed E-state index contributed by atoms with van der Waals surface area (Å²) in [4.78, 5) is 0. The number of hydrogen-bond donors (Lipinski definition) is 0. The summed E-state index contributed by atoms with van der Waals surface area (Å²) in [6, 6.07) is 0. The second kappa shape index (κ2) is 9.17. The van der Waals surface area contributed by atoms with Gasteiger partial charge < -0.3 is 24.8 Å². The second-order valence-corrected chi connectivity index (χ2v) is 1.24. The van der Waals surface area contributed by atoms with Gasteiger partial charge in [-0.1, -0.05) is 0 Å². The van der Waals surface area contributed by atoms with Crippen molar-refractivity contribution >= 4 is 7.85 Å². The van der Waals surface area contributed by atoms with Crippen LogP contribution in [-0.4, -0.2) is 7.85 Å². The van der Waals surface area contributed by atoms with E-state index >= 15 is 0 Å². The van der Waals surface area contributed by atoms with Crippen LogP contribution in [0.4, 0.5) is 0 Å². The Morgan fingerprint density at radius 2 is 1.17 bits per heavy atom. The average Bonchev–Trinajstić information content (AvgIpc) is 0.811. The Balaban J connectivity index is -0.0000000450. The molecule has 0 aromatic heterocycles. The van der Waals surface area contributed by atoms with Crippen molar-refractivity contribution in [1.29, 1.82) is 0 Å². The summed E-state index contributed by atoms with van der Waals surface area (Å²) in [5.41, 5.74) is 0. The van der Waals surface area contributed by atoms with Crippen LogP contribution in [0.5, 0.6) is 0 Å². The molecule has 0 nitrogen and oxygen atoms in total. The van der Waals surface area contributed by atoms with Gasteiger partial charge in [0.2, 0.25) is 0 Å². The van der Waals surface area contributed by atoms with Crippen LogP contribution in [0.3, 0.4) is 0 Å². The van der Waals surface area contributed by atoms with Gasteiger partial charge in [0.15, 0.2) is 0 Å². The normalized spacial score (nSPS) is 6.17. The number of halogens is 2. The fraction of sp³-hybridized carbons (Fsp3) is 1.00. The molecule has 0 N–H and O–H groups in total. The molecule has 3 heteroatoms. The van der Waals surface area contributed by atoms with Gasteiger partial charge in [-0.05, 0) is 0 Å². The van der Waals surface area contributed by atoms with E-state index in [0.29, 0.717) is 5.82 Å². The molecular weight excluding hydrogens is 118 g/mol. The Morgan fingerprint density at radius 1 is 1.17 bits per heavy atom. The summed E-state index contributed by atoms with van der Waals surface area (Å²) < 4.78 is 0. The minimum absolute atomic E-state index is 0. The molecule has 0 atom stereocenters. The van der Waals surface area contributed by atoms with Crippen molar-refractivity contribution in [2.45, 2.75) is 19.7 Å². The van der Waals surface area contributed by atoms with Crippen LogP contribution in [0.2, 0.25) is 5.82 Å². The predicted molar refractivity (Wildman–Crippen MR) is 20.9 cm³/mol. The van der Waals surface area contributed by atoms with Crippen molar-refractivity contribution in [3.63, 3.8) is 0 Å². The van der Waals surface area contributed by atoms with E-state index in [2.05, 4.69) is 0 Å². The van der Waals surface area contributed by atoms with E-state index in [0.717, 1.165) is 0 Å². The fourth-order valence-corrected chi connectivity index (χ4v) is 0. The van der Waals surface area contributed by atoms with Gasteiger partial charge in [0, 0.05) is 0 Å². The number of hydrogen-bond acceptors (Lipinski definition) is 0. The molecule has 0 amide bonds. The molecule has 0 aliphatic rings. The SMILES string of the molecule is [B+2]C(C)C.[Cl-].[Cl-]. The Labute approximate surface area is 52.9 Å². The van der Waals surface area contributed by atoms with Gasteiger partial charge in [0.25, 0.3) is 0 Å². The quantitative estimate of drug-likeness (QED) is 0.284. The summed E-state index contributed by atoms with van der Waals surface area (Å²) in [6.07, 6.45) is 0. The molecule has 0 unspecified atom stereocenters. The maximum absolute atomic E-state index is 5.11. The predicted octanol–water partition coefficient (Wildman–Crippen LogP) is -5.01. The zero-order chi connectivity index (χ0) is 3.58. The van der Waals surface area contributed by atoms with Gasteiger partial charge in [-0.3, -0.25) is 0 Å². The van der Waals surface area contributed by atoms with Crippen LogP contribution < -0.4 is 24.8 Å². The van der Waals surface area contributed by atoms with Gasteiger partial charge in [0.1, 0.15) is 0 Å². The van der Waals surface area contributed by atoms with E-state index in [1.165, 1.54) is 0 Å². The minimum atomic E-state index is 0. The van der Waals surface area contributed by atoms with Crippen LogP contribution in [0.25, 0.3) is 0 Å². The molecule has 0 saturated carbocycles. The van der Waals surface area contributed by atoms with Crippen LogP contribution >= 0.6 is 0 Å². The molecule has 0 bridgehead atoms. The van der Waals surface area contributed by atoms with Gasteiger partial charge >= 0.3 is 27.5 Å². The van der Waals surface area contributed by atoms with E-state index in [-0.39, 0.29) is 24.8 Å². The molecule has 0 aliphatic carbocycles. The molecule has 0 aromatic rings. The molecule has 0 aromatic carbocycles. The molecular formula is C3H7BCl2. The number of rotatable bonds is 0. The molecule has 0 fully saturated rings. The van der Waals surface area contributed by atoms with E-state index in [1.54, 1.807) is 0 Å². The first-order valence-corrected chi connectivity index (χ1v) is 1.49. The summed E-state index contributed by atoms with van der Waals surface area (Å²) in [6.45, 7) is 3.89. The van der Waals surface area contributed by atoms with Gasteiger partial charge in [0.05, 0.1) is 0 Å². The summed E-state index contributed by atoms with van der Waals surface area (Å²) in [5, 5.41) is 0. The van der Waals surface area contributed by atoms with Crippen molar-refractivity contribution in [1.82, 2.24) is 0 Å². The third-order valence-corrected chi connectivity index (χ3v) is 0. The molecule has 0 heterocycles. The first-order valence-electron chi connectivity index (χ1n) is 1.49. The Kier molecular flexibility index (Phi) is 24.4. The first-order chi connectivity index (χ1) is 1.73. The molecule has 6 heavy (non-hydrogen) atoms. The van der Waals surface area contributed by atoms with Crippen molar-refractivity contribution in [3.05, 3.63) is 0 Å². The fourth-order valence-electron chi connectivity index (χ4n) is 0. The van der Waals surface area contributed by atoms with E-state index in [1.807, 2.05) is 13.8 Å². The average molecular weight is 125 g/mol. The van der Waals surface area contributed by atoms with Crippen molar-refractivity contribution in [2.24, 2.45) is 0 Å². The summed E-state index contributed by atoms with van der Waals surface area (Å²) in [5.74, 6) is 0.333. The third kappa shape index (κ3) is 148. The van der Waals surface area contributed by atoms with Gasteiger partial charge in [-0.25, -0.2) is 0 Å². The van der Waals surface area contributed by atoms with Gasteiger partial charge in [-0.15, -0.1) is 0 Å². The molecule has 0 rings (SSSR count). The Bertz CT molecular complexity index is 13.5. The smallest absolute Gasteiger partial charge is 1.00 e. The molecule has 0 radical (unpaired) electrons. The second-order valence-electron chi connectivity index (χ2n) is 1.24. The molecule has 0 saturated heterocycles. The van der Waals surface area contributed by atoms with Gasteiger partial charge in [-0.2, -0.15) is 0 Å². The van der Waals surface area contributed by atoms with Crippen molar-refractivity contribution < 1.29 is 24.8 Å². The monoisotopic (exact) mass is 124 g/mol. The van der Waals surface area contributed by atoms with E-state index in [4.69, 9.17) is 7.85 Å². The van der Waals surface area contributed by atoms with Crippen molar-refractivity contribution in [3.8, 4) is 0 Å². The van der Waals surface area contributed by atoms with Crippen LogP contribution in [0, 0.1) is 0 Å². The maximum atomic E-state index is 5.11. The maximum Gasteiger partial charge on any atom is -1.00 e. The first kappa shape index (κ1) is 15.9. The van der Waals surface area contributed by atoms with E-state index < -0.39 is 0 Å². The topological polar surface area (TPSA) is 0 Å². The molecule has 36 valence electrons. The minimum Gasteiger partial charge on any atom is -1.00 e. The van der Waals surface area contributed by atoms with Crippen LogP contribution in [-0.2, 0) is 0 Å². The Morgan fingerprint density at radius 3 is 1.17 bits per heavy atom. The molecule has 0 spiro atoms. The van der Waals surface area contributed by atoms with E-state index in [9.17, 15) is 0 Å². The molecule has 0 aliphatic heterocycles. The Hall–Kier alpha value is 0.645. The standard InChI is InChI=1S/C3H7B.2ClH/c1-3(2)4;;/h3H,1-2H3;2*1H/q+2;;/p-2. The zero-order valence-electron chi connectivity index (χ0n) is 3.91. The summed E-state index contributed by atoms with van der Waals surface area (Å²) in [7, 11) is 5.11. The van der Waals surface area contributed by atoms with Crippen molar-refractivity contribution in [2.75, 3.05) is 0 Å². The zero-order valence-corrected chi connectivity index (χ0v) is 5.42. The summed E-state index contributed by atoms with van der Waals surface area (Å²) >= 11 is 0. The van der Waals surface area contributed by atoms with Crippen LogP contribution in [0.15, 0.2) is 0 Å². The third-order valence-electron chi connectivity index (χ3n) is 0. The van der Waals surface area contributed by atoms with Crippen LogP contribution in [0.1, 0.15) is 13.8 Å².